The molecule has 2 nitrogen and oxygen atoms in total. The molecule has 0 amide bonds. The minimum Gasteiger partial charge on any atom is -0.505 e. The summed E-state index contributed by atoms with van der Waals surface area (Å²) < 4.78 is 38.5. The van der Waals surface area contributed by atoms with Gasteiger partial charge in [0.1, 0.15) is 0 Å². The maximum Gasteiger partial charge on any atom is 0.203 e. The largest absolute Gasteiger partial charge is 0.505 e. The van der Waals surface area contributed by atoms with Crippen LogP contribution in [0.25, 0.3) is 0 Å². The van der Waals surface area contributed by atoms with Gasteiger partial charge in [0.2, 0.25) is 5.82 Å². The van der Waals surface area contributed by atoms with Crippen molar-refractivity contribution in [3.05, 3.63) is 29.1 Å². The molecule has 0 aromatic heterocycles. The van der Waals surface area contributed by atoms with E-state index < -0.39 is 35.2 Å². The number of aliphatic hydroxyl groups excluding tert-OH is 1. The summed E-state index contributed by atoms with van der Waals surface area (Å²) in [6, 6.07) is 0.684. The van der Waals surface area contributed by atoms with Crippen LogP contribution in [-0.4, -0.2) is 16.8 Å². The number of phenolic OH excluding ortho intramolecular Hbond substituents is 1. The van der Waals surface area contributed by atoms with Crippen molar-refractivity contribution in [2.75, 3.05) is 6.61 Å². The first-order chi connectivity index (χ1) is 6.81. The number of phenols is 1. The van der Waals surface area contributed by atoms with E-state index in [1.54, 1.807) is 0 Å². The second kappa shape index (κ2) is 3.73. The molecular formula is C10H11F3O2. The molecule has 0 spiro atoms. The van der Waals surface area contributed by atoms with Crippen LogP contribution in [0.15, 0.2) is 6.07 Å². The predicted octanol–water partition coefficient (Wildman–Crippen LogP) is 2.08. The Labute approximate surface area is 85.0 Å². The number of aromatic hydroxyl groups is 1. The Morgan fingerprint density at radius 2 is 1.73 bits per heavy atom. The first-order valence-electron chi connectivity index (χ1n) is 4.29. The minimum atomic E-state index is -1.72. The van der Waals surface area contributed by atoms with Crippen molar-refractivity contribution in [3.63, 3.8) is 0 Å². The lowest BCUT2D eigenvalue weighted by molar-refractivity contribution is 0.213. The molecule has 0 unspecified atom stereocenters. The number of hydrogen-bond donors (Lipinski definition) is 2. The van der Waals surface area contributed by atoms with Crippen LogP contribution in [0.3, 0.4) is 0 Å². The van der Waals surface area contributed by atoms with E-state index in [4.69, 9.17) is 5.11 Å². The quantitative estimate of drug-likeness (QED) is 0.749. The summed E-state index contributed by atoms with van der Waals surface area (Å²) in [7, 11) is 0. The highest BCUT2D eigenvalue weighted by Gasteiger charge is 2.28. The fraction of sp³-hybridized carbons (Fsp3) is 0.400. The summed E-state index contributed by atoms with van der Waals surface area (Å²) in [6.45, 7) is 2.52. The third-order valence-corrected chi connectivity index (χ3v) is 2.26. The molecule has 2 N–H and O–H groups in total. The van der Waals surface area contributed by atoms with Gasteiger partial charge in [-0.3, -0.25) is 0 Å². The molecule has 0 aliphatic heterocycles. The predicted molar refractivity (Wildman–Crippen MR) is 48.1 cm³/mol. The van der Waals surface area contributed by atoms with Gasteiger partial charge < -0.3 is 10.2 Å². The van der Waals surface area contributed by atoms with E-state index in [2.05, 4.69) is 0 Å². The smallest absolute Gasteiger partial charge is 0.203 e. The second-order valence-electron chi connectivity index (χ2n) is 3.92. The van der Waals surface area contributed by atoms with Crippen LogP contribution in [0, 0.1) is 17.5 Å². The Morgan fingerprint density at radius 3 is 2.20 bits per heavy atom. The van der Waals surface area contributed by atoms with Crippen molar-refractivity contribution in [2.45, 2.75) is 19.3 Å². The zero-order valence-corrected chi connectivity index (χ0v) is 8.31. The number of benzene rings is 1. The Bertz CT molecular complexity index is 389. The number of halogens is 3. The lowest BCUT2D eigenvalue weighted by atomic mass is 9.84. The molecule has 15 heavy (non-hydrogen) atoms. The Balaban J connectivity index is 3.45. The van der Waals surface area contributed by atoms with Crippen LogP contribution in [-0.2, 0) is 5.41 Å². The average molecular weight is 220 g/mol. The van der Waals surface area contributed by atoms with E-state index in [-0.39, 0.29) is 5.56 Å². The highest BCUT2D eigenvalue weighted by Crippen LogP contribution is 2.34. The molecule has 0 heterocycles. The van der Waals surface area contributed by atoms with Gasteiger partial charge in [0.15, 0.2) is 17.4 Å². The van der Waals surface area contributed by atoms with Crippen LogP contribution < -0.4 is 0 Å². The van der Waals surface area contributed by atoms with E-state index in [0.29, 0.717) is 6.07 Å². The normalized spacial score (nSPS) is 11.9. The van der Waals surface area contributed by atoms with Crippen LogP contribution in [0.5, 0.6) is 5.75 Å². The van der Waals surface area contributed by atoms with Crippen LogP contribution in [0.1, 0.15) is 19.4 Å². The van der Waals surface area contributed by atoms with Crippen molar-refractivity contribution in [1.82, 2.24) is 0 Å². The van der Waals surface area contributed by atoms with Gasteiger partial charge in [-0.1, -0.05) is 13.8 Å². The molecule has 1 aromatic rings. The molecule has 1 rings (SSSR count). The lowest BCUT2D eigenvalue weighted by Gasteiger charge is -2.23. The molecule has 5 heteroatoms. The maximum atomic E-state index is 13.0. The van der Waals surface area contributed by atoms with Gasteiger partial charge in [-0.25, -0.2) is 8.78 Å². The van der Waals surface area contributed by atoms with E-state index >= 15 is 0 Å². The van der Waals surface area contributed by atoms with Crippen molar-refractivity contribution in [1.29, 1.82) is 0 Å². The summed E-state index contributed by atoms with van der Waals surface area (Å²) in [5, 5.41) is 18.3. The molecular weight excluding hydrogens is 209 g/mol. The van der Waals surface area contributed by atoms with E-state index in [1.165, 1.54) is 13.8 Å². The molecule has 0 saturated carbocycles. The zero-order valence-electron chi connectivity index (χ0n) is 8.31. The standard InChI is InChI=1S/C10H11F3O2/c1-10(2,4-14)5-3-6(11)7(12)8(13)9(5)15/h3,14-15H,4H2,1-2H3. The molecule has 0 fully saturated rings. The van der Waals surface area contributed by atoms with Gasteiger partial charge >= 0.3 is 0 Å². The first-order valence-corrected chi connectivity index (χ1v) is 4.29. The Morgan fingerprint density at radius 1 is 1.20 bits per heavy atom. The van der Waals surface area contributed by atoms with Crippen molar-refractivity contribution in [3.8, 4) is 5.75 Å². The van der Waals surface area contributed by atoms with E-state index in [1.807, 2.05) is 0 Å². The third kappa shape index (κ3) is 1.92. The molecule has 0 atom stereocenters. The fourth-order valence-corrected chi connectivity index (χ4v) is 1.19. The average Bonchev–Trinajstić information content (AvgIpc) is 2.20. The summed E-state index contributed by atoms with van der Waals surface area (Å²) in [6.07, 6.45) is 0. The van der Waals surface area contributed by atoms with Crippen molar-refractivity contribution in [2.24, 2.45) is 0 Å². The Hall–Kier alpha value is -1.23. The fourth-order valence-electron chi connectivity index (χ4n) is 1.19. The lowest BCUT2D eigenvalue weighted by Crippen LogP contribution is -2.23. The van der Waals surface area contributed by atoms with Gasteiger partial charge in [-0.05, 0) is 6.07 Å². The van der Waals surface area contributed by atoms with Gasteiger partial charge in [0, 0.05) is 11.0 Å². The van der Waals surface area contributed by atoms with Crippen LogP contribution in [0.4, 0.5) is 13.2 Å². The zero-order chi connectivity index (χ0) is 11.8. The first kappa shape index (κ1) is 11.8. The van der Waals surface area contributed by atoms with Gasteiger partial charge in [0.25, 0.3) is 0 Å². The molecule has 0 aliphatic carbocycles. The van der Waals surface area contributed by atoms with Crippen LogP contribution >= 0.6 is 0 Å². The molecule has 1 aromatic carbocycles. The SMILES string of the molecule is CC(C)(CO)c1cc(F)c(F)c(F)c1O. The monoisotopic (exact) mass is 220 g/mol. The number of aliphatic hydroxyl groups is 1. The highest BCUT2D eigenvalue weighted by atomic mass is 19.2. The minimum absolute atomic E-state index is 0.165. The second-order valence-corrected chi connectivity index (χ2v) is 3.92. The molecule has 0 bridgehead atoms. The molecule has 0 saturated heterocycles. The number of hydrogen-bond acceptors (Lipinski definition) is 2. The summed E-state index contributed by atoms with van der Waals surface area (Å²) >= 11 is 0. The Kier molecular flexibility index (Phi) is 2.95. The van der Waals surface area contributed by atoms with E-state index in [9.17, 15) is 18.3 Å². The molecule has 0 radical (unpaired) electrons. The van der Waals surface area contributed by atoms with Crippen molar-refractivity contribution < 1.29 is 23.4 Å². The van der Waals surface area contributed by atoms with Gasteiger partial charge in [-0.15, -0.1) is 0 Å². The summed E-state index contributed by atoms with van der Waals surface area (Å²) in [5.74, 6) is -5.70. The van der Waals surface area contributed by atoms with Gasteiger partial charge in [-0.2, -0.15) is 4.39 Å². The third-order valence-electron chi connectivity index (χ3n) is 2.26. The topological polar surface area (TPSA) is 40.5 Å². The van der Waals surface area contributed by atoms with Crippen molar-refractivity contribution >= 4 is 0 Å². The highest BCUT2D eigenvalue weighted by molar-refractivity contribution is 5.40. The number of rotatable bonds is 2. The van der Waals surface area contributed by atoms with Crippen LogP contribution in [0.2, 0.25) is 0 Å². The van der Waals surface area contributed by atoms with Gasteiger partial charge in [0.05, 0.1) is 6.61 Å². The summed E-state index contributed by atoms with van der Waals surface area (Å²) in [5.41, 5.74) is -1.21. The summed E-state index contributed by atoms with van der Waals surface area (Å²) in [4.78, 5) is 0. The molecule has 84 valence electrons. The molecule has 0 aliphatic rings. The van der Waals surface area contributed by atoms with E-state index in [0.717, 1.165) is 0 Å². The maximum absolute atomic E-state index is 13.0.